The van der Waals surface area contributed by atoms with Gasteiger partial charge in [0.1, 0.15) is 0 Å². The van der Waals surface area contributed by atoms with Crippen molar-refractivity contribution in [3.63, 3.8) is 0 Å². The second-order valence-electron chi connectivity index (χ2n) is 7.34. The number of piperidine rings is 1. The van der Waals surface area contributed by atoms with Crippen LogP contribution in [0.1, 0.15) is 53.5 Å². The number of benzene rings is 1. The van der Waals surface area contributed by atoms with Crippen LogP contribution in [0.2, 0.25) is 0 Å². The van der Waals surface area contributed by atoms with Crippen LogP contribution in [0.3, 0.4) is 0 Å². The molecule has 1 aliphatic heterocycles. The molecule has 5 heteroatoms. The van der Waals surface area contributed by atoms with E-state index in [-0.39, 0.29) is 18.3 Å². The van der Waals surface area contributed by atoms with Crippen LogP contribution in [-0.2, 0) is 6.54 Å². The second kappa shape index (κ2) is 9.95. The molecular weight excluding hydrogens is 358 g/mol. The Balaban J connectivity index is 0.00000261. The molecule has 148 valence electrons. The first-order valence-electron chi connectivity index (χ1n) is 9.84. The van der Waals surface area contributed by atoms with Crippen molar-refractivity contribution in [2.24, 2.45) is 0 Å². The monoisotopic (exact) mass is 389 g/mol. The van der Waals surface area contributed by atoms with Crippen LogP contribution in [0.4, 0.5) is 0 Å². The number of halogens is 1. The van der Waals surface area contributed by atoms with Gasteiger partial charge in [-0.15, -0.1) is 12.4 Å². The van der Waals surface area contributed by atoms with Gasteiger partial charge in [-0.1, -0.05) is 37.3 Å². The van der Waals surface area contributed by atoms with Crippen molar-refractivity contribution in [2.75, 3.05) is 19.6 Å². The molecule has 0 unspecified atom stereocenters. The molecule has 1 aromatic carbocycles. The van der Waals surface area contributed by atoms with E-state index in [9.17, 15) is 4.79 Å². The third-order valence-electron chi connectivity index (χ3n) is 5.46. The molecule has 0 aliphatic carbocycles. The van der Waals surface area contributed by atoms with E-state index in [2.05, 4.69) is 65.9 Å². The molecule has 2 heterocycles. The topological polar surface area (TPSA) is 37.3 Å². The lowest BCUT2D eigenvalue weighted by Gasteiger charge is -2.34. The molecule has 0 atom stereocenters. The first-order chi connectivity index (χ1) is 12.6. The van der Waals surface area contributed by atoms with Gasteiger partial charge in [0.2, 0.25) is 0 Å². The molecule has 1 saturated heterocycles. The third kappa shape index (κ3) is 4.94. The molecule has 1 N–H and O–H groups in total. The number of hydrogen-bond donors (Lipinski definition) is 1. The molecule has 27 heavy (non-hydrogen) atoms. The van der Waals surface area contributed by atoms with Gasteiger partial charge < -0.3 is 14.8 Å². The summed E-state index contributed by atoms with van der Waals surface area (Å²) >= 11 is 0. The van der Waals surface area contributed by atoms with Crippen LogP contribution >= 0.6 is 12.4 Å². The summed E-state index contributed by atoms with van der Waals surface area (Å²) in [6, 6.07) is 12.9. The van der Waals surface area contributed by atoms with Gasteiger partial charge in [0, 0.05) is 30.5 Å². The first-order valence-corrected chi connectivity index (χ1v) is 9.84. The number of hydrogen-bond acceptors (Lipinski definition) is 2. The molecule has 2 aromatic rings. The highest BCUT2D eigenvalue weighted by Gasteiger charge is 2.27. The normalized spacial score (nSPS) is 14.6. The van der Waals surface area contributed by atoms with E-state index >= 15 is 0 Å². The van der Waals surface area contributed by atoms with Crippen LogP contribution < -0.4 is 5.32 Å². The number of amides is 1. The van der Waals surface area contributed by atoms with Crippen LogP contribution in [0.25, 0.3) is 0 Å². The minimum Gasteiger partial charge on any atom is -0.344 e. The highest BCUT2D eigenvalue weighted by atomic mass is 35.5. The largest absolute Gasteiger partial charge is 0.344 e. The lowest BCUT2D eigenvalue weighted by atomic mass is 10.0. The Morgan fingerprint density at radius 2 is 1.85 bits per heavy atom. The molecule has 0 saturated carbocycles. The van der Waals surface area contributed by atoms with Gasteiger partial charge in [0.15, 0.2) is 0 Å². The minimum atomic E-state index is 0. The van der Waals surface area contributed by atoms with E-state index in [1.165, 1.54) is 5.56 Å². The highest BCUT2D eigenvalue weighted by Crippen LogP contribution is 2.22. The fourth-order valence-corrected chi connectivity index (χ4v) is 3.99. The van der Waals surface area contributed by atoms with Gasteiger partial charge >= 0.3 is 0 Å². The molecule has 3 rings (SSSR count). The van der Waals surface area contributed by atoms with Crippen LogP contribution in [0, 0.1) is 13.8 Å². The predicted molar refractivity (Wildman–Crippen MR) is 114 cm³/mol. The van der Waals surface area contributed by atoms with Gasteiger partial charge in [-0.3, -0.25) is 4.79 Å². The molecule has 0 radical (unpaired) electrons. The Kier molecular flexibility index (Phi) is 7.93. The summed E-state index contributed by atoms with van der Waals surface area (Å²) in [4.78, 5) is 15.5. The highest BCUT2D eigenvalue weighted by molar-refractivity contribution is 5.96. The average Bonchev–Trinajstić information content (AvgIpc) is 2.95. The van der Waals surface area contributed by atoms with Crippen molar-refractivity contribution < 1.29 is 4.79 Å². The lowest BCUT2D eigenvalue weighted by Crippen LogP contribution is -2.46. The SMILES string of the molecule is CCCN(C(=O)c1cc(C)n(Cc2ccccc2)c1C)C1CCNCC1.Cl. The van der Waals surface area contributed by atoms with Crippen molar-refractivity contribution in [1.29, 1.82) is 0 Å². The summed E-state index contributed by atoms with van der Waals surface area (Å²) in [6.07, 6.45) is 3.10. The number of carbonyl (C=O) groups is 1. The van der Waals surface area contributed by atoms with E-state index in [1.807, 2.05) is 6.07 Å². The van der Waals surface area contributed by atoms with Crippen molar-refractivity contribution >= 4 is 18.3 Å². The van der Waals surface area contributed by atoms with Gasteiger partial charge in [-0.2, -0.15) is 0 Å². The van der Waals surface area contributed by atoms with Gasteiger partial charge in [0.25, 0.3) is 5.91 Å². The Morgan fingerprint density at radius 1 is 1.19 bits per heavy atom. The fraction of sp³-hybridized carbons (Fsp3) is 0.500. The van der Waals surface area contributed by atoms with E-state index < -0.39 is 0 Å². The zero-order valence-corrected chi connectivity index (χ0v) is 17.5. The Hall–Kier alpha value is -1.78. The number of nitrogens with zero attached hydrogens (tertiary/aromatic N) is 2. The molecule has 1 fully saturated rings. The van der Waals surface area contributed by atoms with Crippen LogP contribution in [0.5, 0.6) is 0 Å². The van der Waals surface area contributed by atoms with Crippen molar-refractivity contribution in [1.82, 2.24) is 14.8 Å². The smallest absolute Gasteiger partial charge is 0.255 e. The van der Waals surface area contributed by atoms with Crippen molar-refractivity contribution in [2.45, 2.75) is 52.6 Å². The summed E-state index contributed by atoms with van der Waals surface area (Å²) < 4.78 is 2.26. The molecule has 0 bridgehead atoms. The summed E-state index contributed by atoms with van der Waals surface area (Å²) in [7, 11) is 0. The average molecular weight is 390 g/mol. The molecular formula is C22H32ClN3O. The zero-order valence-electron chi connectivity index (χ0n) is 16.7. The zero-order chi connectivity index (χ0) is 18.5. The third-order valence-corrected chi connectivity index (χ3v) is 5.46. The molecule has 0 spiro atoms. The Labute approximate surface area is 169 Å². The maximum atomic E-state index is 13.4. The molecule has 1 amide bonds. The van der Waals surface area contributed by atoms with Gasteiger partial charge in [-0.25, -0.2) is 0 Å². The van der Waals surface area contributed by atoms with E-state index in [0.29, 0.717) is 6.04 Å². The molecule has 4 nitrogen and oxygen atoms in total. The van der Waals surface area contributed by atoms with Crippen molar-refractivity contribution in [3.8, 4) is 0 Å². The Bertz CT molecular complexity index is 736. The van der Waals surface area contributed by atoms with E-state index in [4.69, 9.17) is 0 Å². The van der Waals surface area contributed by atoms with Crippen molar-refractivity contribution in [3.05, 3.63) is 58.9 Å². The van der Waals surface area contributed by atoms with Crippen LogP contribution in [-0.4, -0.2) is 41.1 Å². The standard InChI is InChI=1S/C22H31N3O.ClH/c1-4-14-24(20-10-12-23-13-11-20)22(26)21-15-17(2)25(18(21)3)16-19-8-6-5-7-9-19;/h5-9,15,20,23H,4,10-14,16H2,1-3H3;1H. The van der Waals surface area contributed by atoms with Crippen LogP contribution in [0.15, 0.2) is 36.4 Å². The lowest BCUT2D eigenvalue weighted by molar-refractivity contribution is 0.0642. The van der Waals surface area contributed by atoms with E-state index in [1.54, 1.807) is 0 Å². The fourth-order valence-electron chi connectivity index (χ4n) is 3.99. The van der Waals surface area contributed by atoms with Gasteiger partial charge in [-0.05, 0) is 57.8 Å². The summed E-state index contributed by atoms with van der Waals surface area (Å²) in [5.74, 6) is 0.200. The maximum Gasteiger partial charge on any atom is 0.255 e. The van der Waals surface area contributed by atoms with Gasteiger partial charge in [0.05, 0.1) is 5.56 Å². The number of aryl methyl sites for hydroxylation is 1. The number of rotatable bonds is 6. The molecule has 1 aromatic heterocycles. The van der Waals surface area contributed by atoms with E-state index in [0.717, 1.165) is 62.4 Å². The predicted octanol–water partition coefficient (Wildman–Crippen LogP) is 4.18. The quantitative estimate of drug-likeness (QED) is 0.804. The number of aromatic nitrogens is 1. The number of carbonyl (C=O) groups excluding carboxylic acids is 1. The minimum absolute atomic E-state index is 0. The second-order valence-corrected chi connectivity index (χ2v) is 7.34. The first kappa shape index (κ1) is 21.5. The number of nitrogens with one attached hydrogen (secondary N) is 1. The molecule has 1 aliphatic rings. The Morgan fingerprint density at radius 3 is 2.48 bits per heavy atom. The summed E-state index contributed by atoms with van der Waals surface area (Å²) in [6.45, 7) is 9.99. The summed E-state index contributed by atoms with van der Waals surface area (Å²) in [5, 5.41) is 3.40. The summed E-state index contributed by atoms with van der Waals surface area (Å²) in [5.41, 5.74) is 4.35. The maximum absolute atomic E-state index is 13.4.